The van der Waals surface area contributed by atoms with Gasteiger partial charge in [0.1, 0.15) is 5.75 Å². The summed E-state index contributed by atoms with van der Waals surface area (Å²) in [4.78, 5) is 14.1. The fourth-order valence-electron chi connectivity index (χ4n) is 2.57. The van der Waals surface area contributed by atoms with Gasteiger partial charge < -0.3 is 15.0 Å². The molecule has 0 aliphatic heterocycles. The molecule has 1 aromatic rings. The Hall–Kier alpha value is -1.26. The van der Waals surface area contributed by atoms with Crippen LogP contribution in [0.25, 0.3) is 0 Å². The summed E-state index contributed by atoms with van der Waals surface area (Å²) in [6, 6.07) is 8.24. The van der Waals surface area contributed by atoms with Crippen molar-refractivity contribution in [1.29, 1.82) is 0 Å². The van der Waals surface area contributed by atoms with Gasteiger partial charge in [0, 0.05) is 13.1 Å². The second-order valence-corrected chi connectivity index (χ2v) is 6.16. The van der Waals surface area contributed by atoms with Crippen LogP contribution in [0.3, 0.4) is 0 Å². The molecule has 0 spiro atoms. The van der Waals surface area contributed by atoms with Gasteiger partial charge >= 0.3 is 0 Å². The van der Waals surface area contributed by atoms with Crippen molar-refractivity contribution >= 4 is 18.3 Å². The van der Waals surface area contributed by atoms with Gasteiger partial charge in [0.15, 0.2) is 0 Å². The second kappa shape index (κ2) is 15.0. The largest absolute Gasteiger partial charge is 0.494 e. The highest BCUT2D eigenvalue weighted by atomic mass is 35.5. The summed E-state index contributed by atoms with van der Waals surface area (Å²) in [5.74, 6) is 1.14. The van der Waals surface area contributed by atoms with E-state index in [0.29, 0.717) is 6.54 Å². The maximum atomic E-state index is 12.2. The zero-order valence-electron chi connectivity index (χ0n) is 16.1. The van der Waals surface area contributed by atoms with Crippen molar-refractivity contribution in [2.24, 2.45) is 0 Å². The third kappa shape index (κ3) is 10.4. The molecule has 144 valence electrons. The first-order valence-electron chi connectivity index (χ1n) is 9.41. The first-order chi connectivity index (χ1) is 11.7. The minimum absolute atomic E-state index is 0. The molecule has 0 bridgehead atoms. The van der Waals surface area contributed by atoms with Crippen LogP contribution < -0.4 is 10.1 Å². The highest BCUT2D eigenvalue weighted by molar-refractivity contribution is 5.85. The van der Waals surface area contributed by atoms with E-state index in [1.165, 1.54) is 5.56 Å². The quantitative estimate of drug-likeness (QED) is 0.532. The summed E-state index contributed by atoms with van der Waals surface area (Å²) >= 11 is 0. The molecule has 25 heavy (non-hydrogen) atoms. The van der Waals surface area contributed by atoms with E-state index in [4.69, 9.17) is 4.74 Å². The molecule has 0 fully saturated rings. The smallest absolute Gasteiger partial charge is 0.236 e. The Morgan fingerprint density at radius 2 is 1.84 bits per heavy atom. The maximum absolute atomic E-state index is 12.2. The average Bonchev–Trinajstić information content (AvgIpc) is 2.59. The summed E-state index contributed by atoms with van der Waals surface area (Å²) in [7, 11) is 0. The molecule has 1 N–H and O–H groups in total. The summed E-state index contributed by atoms with van der Waals surface area (Å²) < 4.78 is 5.74. The van der Waals surface area contributed by atoms with Crippen molar-refractivity contribution in [2.75, 3.05) is 32.8 Å². The lowest BCUT2D eigenvalue weighted by atomic mass is 10.1. The molecule has 0 heterocycles. The number of hydrogen-bond acceptors (Lipinski definition) is 3. The van der Waals surface area contributed by atoms with Gasteiger partial charge in [-0.15, -0.1) is 12.4 Å². The zero-order chi connectivity index (χ0) is 17.6. The van der Waals surface area contributed by atoms with Crippen molar-refractivity contribution in [3.05, 3.63) is 29.8 Å². The Bertz CT molecular complexity index is 463. The molecule has 1 rings (SSSR count). The van der Waals surface area contributed by atoms with E-state index in [-0.39, 0.29) is 18.3 Å². The molecule has 4 nitrogen and oxygen atoms in total. The Morgan fingerprint density at radius 1 is 1.12 bits per heavy atom. The number of benzene rings is 1. The van der Waals surface area contributed by atoms with Gasteiger partial charge in [-0.25, -0.2) is 0 Å². The molecule has 0 aliphatic carbocycles. The van der Waals surface area contributed by atoms with E-state index >= 15 is 0 Å². The average molecular weight is 371 g/mol. The molecule has 0 saturated heterocycles. The van der Waals surface area contributed by atoms with Crippen molar-refractivity contribution in [2.45, 2.75) is 52.9 Å². The number of nitrogens with one attached hydrogen (secondary N) is 1. The van der Waals surface area contributed by atoms with Crippen LogP contribution in [0.4, 0.5) is 0 Å². The van der Waals surface area contributed by atoms with Crippen LogP contribution in [0.5, 0.6) is 5.75 Å². The zero-order valence-corrected chi connectivity index (χ0v) is 16.9. The Kier molecular flexibility index (Phi) is 14.3. The predicted molar refractivity (Wildman–Crippen MR) is 108 cm³/mol. The fourth-order valence-corrected chi connectivity index (χ4v) is 2.57. The van der Waals surface area contributed by atoms with E-state index in [1.807, 2.05) is 17.0 Å². The molecule has 0 atom stereocenters. The van der Waals surface area contributed by atoms with Crippen LogP contribution in [0, 0.1) is 0 Å². The standard InChI is InChI=1S/C20H34N2O2.ClH/c1-4-7-15-24-19-10-8-9-18(16-19)11-12-21-17-20(23)22(13-5-2)14-6-3;/h8-10,16,21H,4-7,11-15,17H2,1-3H3;1H. The van der Waals surface area contributed by atoms with Gasteiger partial charge in [-0.2, -0.15) is 0 Å². The van der Waals surface area contributed by atoms with E-state index < -0.39 is 0 Å². The van der Waals surface area contributed by atoms with E-state index in [1.54, 1.807) is 0 Å². The Labute approximate surface area is 159 Å². The number of halogens is 1. The minimum atomic E-state index is 0. The van der Waals surface area contributed by atoms with Crippen LogP contribution in [0.2, 0.25) is 0 Å². The lowest BCUT2D eigenvalue weighted by Crippen LogP contribution is -2.39. The normalized spacial score (nSPS) is 10.2. The minimum Gasteiger partial charge on any atom is -0.494 e. The summed E-state index contributed by atoms with van der Waals surface area (Å²) in [6.45, 7) is 10.1. The Balaban J connectivity index is 0.00000576. The lowest BCUT2D eigenvalue weighted by molar-refractivity contribution is -0.130. The monoisotopic (exact) mass is 370 g/mol. The number of carbonyl (C=O) groups excluding carboxylic acids is 1. The van der Waals surface area contributed by atoms with Gasteiger partial charge in [-0.3, -0.25) is 4.79 Å². The van der Waals surface area contributed by atoms with Gasteiger partial charge in [0.05, 0.1) is 13.2 Å². The molecule has 1 aromatic carbocycles. The molecule has 5 heteroatoms. The molecular weight excluding hydrogens is 336 g/mol. The maximum Gasteiger partial charge on any atom is 0.236 e. The lowest BCUT2D eigenvalue weighted by Gasteiger charge is -2.21. The van der Waals surface area contributed by atoms with Crippen LogP contribution in [0.1, 0.15) is 52.0 Å². The predicted octanol–water partition coefficient (Wildman–Crippen LogP) is 4.07. The van der Waals surface area contributed by atoms with Crippen molar-refractivity contribution < 1.29 is 9.53 Å². The molecule has 1 amide bonds. The van der Waals surface area contributed by atoms with Gasteiger partial charge in [-0.1, -0.05) is 39.3 Å². The van der Waals surface area contributed by atoms with Gasteiger partial charge in [0.2, 0.25) is 5.91 Å². The van der Waals surface area contributed by atoms with Crippen molar-refractivity contribution in [3.8, 4) is 5.75 Å². The highest BCUT2D eigenvalue weighted by Crippen LogP contribution is 2.14. The molecule has 0 saturated carbocycles. The number of nitrogens with zero attached hydrogens (tertiary/aromatic N) is 1. The summed E-state index contributed by atoms with van der Waals surface area (Å²) in [6.07, 6.45) is 5.15. The molecular formula is C20H35ClN2O2. The van der Waals surface area contributed by atoms with Crippen LogP contribution in [-0.4, -0.2) is 43.6 Å². The number of hydrogen-bond donors (Lipinski definition) is 1. The molecule has 0 aliphatic rings. The topological polar surface area (TPSA) is 41.6 Å². The first kappa shape index (κ1) is 23.7. The van der Waals surface area contributed by atoms with Gasteiger partial charge in [0.25, 0.3) is 0 Å². The first-order valence-corrected chi connectivity index (χ1v) is 9.41. The number of carbonyl (C=O) groups is 1. The summed E-state index contributed by atoms with van der Waals surface area (Å²) in [5, 5.41) is 3.27. The van der Waals surface area contributed by atoms with Crippen molar-refractivity contribution in [3.63, 3.8) is 0 Å². The fraction of sp³-hybridized carbons (Fsp3) is 0.650. The second-order valence-electron chi connectivity index (χ2n) is 6.16. The third-order valence-corrected chi connectivity index (χ3v) is 3.87. The third-order valence-electron chi connectivity index (χ3n) is 3.87. The van der Waals surface area contributed by atoms with E-state index in [0.717, 1.165) is 64.1 Å². The van der Waals surface area contributed by atoms with Crippen LogP contribution in [-0.2, 0) is 11.2 Å². The van der Waals surface area contributed by atoms with Crippen LogP contribution >= 0.6 is 12.4 Å². The molecule has 0 unspecified atom stereocenters. The summed E-state index contributed by atoms with van der Waals surface area (Å²) in [5.41, 5.74) is 1.24. The number of amides is 1. The van der Waals surface area contributed by atoms with Crippen LogP contribution in [0.15, 0.2) is 24.3 Å². The van der Waals surface area contributed by atoms with Crippen molar-refractivity contribution in [1.82, 2.24) is 10.2 Å². The Morgan fingerprint density at radius 3 is 2.48 bits per heavy atom. The molecule has 0 aromatic heterocycles. The molecule has 0 radical (unpaired) electrons. The number of ether oxygens (including phenoxy) is 1. The van der Waals surface area contributed by atoms with E-state index in [9.17, 15) is 4.79 Å². The van der Waals surface area contributed by atoms with Gasteiger partial charge in [-0.05, 0) is 49.9 Å². The SMILES string of the molecule is CCCCOc1cccc(CCNCC(=O)N(CCC)CCC)c1.Cl. The number of unbranched alkanes of at least 4 members (excludes halogenated alkanes) is 1. The highest BCUT2D eigenvalue weighted by Gasteiger charge is 2.10. The number of rotatable bonds is 13. The van der Waals surface area contributed by atoms with E-state index in [2.05, 4.69) is 38.2 Å².